The van der Waals surface area contributed by atoms with Crippen LogP contribution in [0.25, 0.3) is 0 Å². The molecular weight excluding hydrogens is 395 g/mol. The molecule has 1 fully saturated rings. The second-order valence-electron chi connectivity index (χ2n) is 7.59. The van der Waals surface area contributed by atoms with Crippen LogP contribution in [0.4, 0.5) is 13.2 Å². The summed E-state index contributed by atoms with van der Waals surface area (Å²) < 4.78 is 39.6. The number of carbonyl (C=O) groups is 1. The van der Waals surface area contributed by atoms with Gasteiger partial charge in [-0.25, -0.2) is 4.99 Å². The lowest BCUT2D eigenvalue weighted by Gasteiger charge is -2.37. The number of allylic oxidation sites excluding steroid dienone is 2. The van der Waals surface area contributed by atoms with E-state index in [-0.39, 0.29) is 17.9 Å². The van der Waals surface area contributed by atoms with Crippen LogP contribution < -0.4 is 16.4 Å². The summed E-state index contributed by atoms with van der Waals surface area (Å²) in [4.78, 5) is 20.2. The highest BCUT2D eigenvalue weighted by Crippen LogP contribution is 2.34. The van der Waals surface area contributed by atoms with Crippen molar-refractivity contribution >= 4 is 18.0 Å². The van der Waals surface area contributed by atoms with Gasteiger partial charge in [-0.1, -0.05) is 18.2 Å². The number of benzene rings is 1. The maximum absolute atomic E-state index is 13.2. The number of halogens is 3. The van der Waals surface area contributed by atoms with Gasteiger partial charge in [0.1, 0.15) is 6.34 Å². The number of aliphatic imine (C=N–C) groups is 2. The molecule has 158 valence electrons. The lowest BCUT2D eigenvalue weighted by molar-refractivity contribution is -0.137. The summed E-state index contributed by atoms with van der Waals surface area (Å²) in [7, 11) is 0. The Morgan fingerprint density at radius 2 is 2.10 bits per heavy atom. The topological polar surface area (TPSA) is 91.9 Å². The number of alkyl halides is 3. The minimum Gasteiger partial charge on any atom is -0.383 e. The summed E-state index contributed by atoms with van der Waals surface area (Å²) in [6.07, 6.45) is 1.17. The van der Waals surface area contributed by atoms with Crippen LogP contribution in [-0.2, 0) is 11.0 Å². The molecule has 0 bridgehead atoms. The van der Waals surface area contributed by atoms with Crippen LogP contribution in [0.2, 0.25) is 0 Å². The third-order valence-electron chi connectivity index (χ3n) is 5.72. The van der Waals surface area contributed by atoms with E-state index in [2.05, 4.69) is 20.6 Å². The SMILES string of the molecule is NC(=O)C1=CC=C(NC2CNCCC2c2cccc(C(F)(F)F)c2)C2CN=CN=C12. The monoisotopic (exact) mass is 417 g/mol. The van der Waals surface area contributed by atoms with Crippen molar-refractivity contribution in [1.29, 1.82) is 0 Å². The first kappa shape index (κ1) is 20.3. The van der Waals surface area contributed by atoms with Gasteiger partial charge < -0.3 is 16.4 Å². The summed E-state index contributed by atoms with van der Waals surface area (Å²) in [6, 6.07) is 5.42. The number of amides is 1. The van der Waals surface area contributed by atoms with Crippen molar-refractivity contribution in [3.8, 4) is 0 Å². The number of nitrogens with two attached hydrogens (primary N) is 1. The molecule has 0 radical (unpaired) electrons. The number of rotatable bonds is 4. The number of piperidine rings is 1. The average molecular weight is 417 g/mol. The molecule has 0 aromatic heterocycles. The standard InChI is InChI=1S/C21H22F3N5O/c22-21(23,24)13-3-1-2-12(8-13)14-6-7-26-10-18(14)29-17-5-4-15(20(25)30)19-16(17)9-27-11-28-19/h1-5,8,11,14,16,18,26,29H,6-7,9-10H2,(H2,25,30). The van der Waals surface area contributed by atoms with Gasteiger partial charge in [-0.15, -0.1) is 0 Å². The second-order valence-corrected chi connectivity index (χ2v) is 7.59. The lowest BCUT2D eigenvalue weighted by atomic mass is 9.83. The fraction of sp³-hybridized carbons (Fsp3) is 0.381. The Kier molecular flexibility index (Phi) is 5.46. The molecule has 4 rings (SSSR count). The smallest absolute Gasteiger partial charge is 0.383 e. The van der Waals surface area contributed by atoms with E-state index < -0.39 is 17.6 Å². The van der Waals surface area contributed by atoms with Gasteiger partial charge in [0.2, 0.25) is 0 Å². The van der Waals surface area contributed by atoms with E-state index >= 15 is 0 Å². The van der Waals surface area contributed by atoms with E-state index in [1.807, 2.05) is 0 Å². The summed E-state index contributed by atoms with van der Waals surface area (Å²) in [5.74, 6) is -0.874. The van der Waals surface area contributed by atoms with E-state index in [0.717, 1.165) is 18.3 Å². The van der Waals surface area contributed by atoms with Gasteiger partial charge in [0.15, 0.2) is 0 Å². The van der Waals surface area contributed by atoms with Crippen LogP contribution >= 0.6 is 0 Å². The Morgan fingerprint density at radius 1 is 1.27 bits per heavy atom. The molecular formula is C21H22F3N5O. The minimum atomic E-state index is -4.38. The number of fused-ring (bicyclic) bond motifs is 1. The van der Waals surface area contributed by atoms with Gasteiger partial charge in [0.25, 0.3) is 5.91 Å². The summed E-state index contributed by atoms with van der Waals surface area (Å²) in [6.45, 7) is 1.76. The molecule has 1 amide bonds. The zero-order chi connectivity index (χ0) is 21.3. The van der Waals surface area contributed by atoms with Gasteiger partial charge in [-0.05, 0) is 36.7 Å². The lowest BCUT2D eigenvalue weighted by Crippen LogP contribution is -2.50. The molecule has 30 heavy (non-hydrogen) atoms. The number of carbonyl (C=O) groups excluding carboxylic acids is 1. The van der Waals surface area contributed by atoms with Gasteiger partial charge in [-0.2, -0.15) is 13.2 Å². The van der Waals surface area contributed by atoms with E-state index in [9.17, 15) is 18.0 Å². The Labute approximate surface area is 171 Å². The van der Waals surface area contributed by atoms with Crippen LogP contribution in [0.5, 0.6) is 0 Å². The summed E-state index contributed by atoms with van der Waals surface area (Å²) in [5.41, 5.74) is 7.24. The van der Waals surface area contributed by atoms with Crippen molar-refractivity contribution < 1.29 is 18.0 Å². The zero-order valence-corrected chi connectivity index (χ0v) is 16.1. The first-order chi connectivity index (χ1) is 14.3. The molecule has 6 nitrogen and oxygen atoms in total. The quantitative estimate of drug-likeness (QED) is 0.701. The molecule has 1 aliphatic carbocycles. The van der Waals surface area contributed by atoms with Gasteiger partial charge in [-0.3, -0.25) is 9.79 Å². The number of hydrogen-bond acceptors (Lipinski definition) is 5. The van der Waals surface area contributed by atoms with Crippen molar-refractivity contribution in [2.45, 2.75) is 24.6 Å². The van der Waals surface area contributed by atoms with Gasteiger partial charge in [0, 0.05) is 24.2 Å². The Bertz CT molecular complexity index is 964. The number of nitrogens with zero attached hydrogens (tertiary/aromatic N) is 2. The van der Waals surface area contributed by atoms with Crippen LogP contribution in [0.15, 0.2) is 57.7 Å². The Hall–Kier alpha value is -2.94. The Balaban J connectivity index is 1.61. The molecule has 3 unspecified atom stereocenters. The van der Waals surface area contributed by atoms with E-state index in [0.29, 0.717) is 36.4 Å². The molecule has 0 saturated carbocycles. The van der Waals surface area contributed by atoms with Crippen LogP contribution in [0.3, 0.4) is 0 Å². The molecule has 1 aromatic rings. The molecule has 1 aromatic carbocycles. The normalized spacial score (nSPS) is 26.2. The highest BCUT2D eigenvalue weighted by atomic mass is 19.4. The maximum atomic E-state index is 13.2. The molecule has 2 aliphatic heterocycles. The third kappa shape index (κ3) is 4.02. The highest BCUT2D eigenvalue weighted by molar-refractivity contribution is 6.25. The first-order valence-corrected chi connectivity index (χ1v) is 9.77. The van der Waals surface area contributed by atoms with Crippen LogP contribution in [0, 0.1) is 5.92 Å². The maximum Gasteiger partial charge on any atom is 0.416 e. The molecule has 2 heterocycles. The van der Waals surface area contributed by atoms with Gasteiger partial charge in [0.05, 0.1) is 29.3 Å². The van der Waals surface area contributed by atoms with Crippen LogP contribution in [-0.4, -0.2) is 43.6 Å². The van der Waals surface area contributed by atoms with Crippen molar-refractivity contribution in [3.05, 3.63) is 58.8 Å². The summed E-state index contributed by atoms with van der Waals surface area (Å²) in [5, 5.41) is 6.80. The van der Waals surface area contributed by atoms with Crippen molar-refractivity contribution in [2.24, 2.45) is 21.6 Å². The molecule has 1 saturated heterocycles. The molecule has 0 spiro atoms. The predicted molar refractivity (Wildman–Crippen MR) is 108 cm³/mol. The second kappa shape index (κ2) is 8.06. The van der Waals surface area contributed by atoms with Crippen molar-refractivity contribution in [1.82, 2.24) is 10.6 Å². The third-order valence-corrected chi connectivity index (χ3v) is 5.72. The zero-order valence-electron chi connectivity index (χ0n) is 16.1. The molecule has 4 N–H and O–H groups in total. The highest BCUT2D eigenvalue weighted by Gasteiger charge is 2.35. The average Bonchev–Trinajstić information content (AvgIpc) is 2.73. The predicted octanol–water partition coefficient (Wildman–Crippen LogP) is 2.15. The van der Waals surface area contributed by atoms with E-state index in [4.69, 9.17) is 5.73 Å². The van der Waals surface area contributed by atoms with Gasteiger partial charge >= 0.3 is 6.18 Å². The summed E-state index contributed by atoms with van der Waals surface area (Å²) >= 11 is 0. The molecule has 3 aliphatic rings. The van der Waals surface area contributed by atoms with E-state index in [1.165, 1.54) is 18.5 Å². The first-order valence-electron chi connectivity index (χ1n) is 9.77. The number of nitrogens with one attached hydrogen (secondary N) is 2. The fourth-order valence-corrected chi connectivity index (χ4v) is 4.24. The molecule has 3 atom stereocenters. The van der Waals surface area contributed by atoms with Crippen LogP contribution in [0.1, 0.15) is 23.5 Å². The minimum absolute atomic E-state index is 0.0940. The number of hydrogen-bond donors (Lipinski definition) is 3. The fourth-order valence-electron chi connectivity index (χ4n) is 4.24. The molecule has 9 heteroatoms. The Morgan fingerprint density at radius 3 is 2.87 bits per heavy atom. The number of primary amides is 1. The van der Waals surface area contributed by atoms with E-state index in [1.54, 1.807) is 18.2 Å². The largest absolute Gasteiger partial charge is 0.416 e. The van der Waals surface area contributed by atoms with Crippen molar-refractivity contribution in [3.63, 3.8) is 0 Å². The van der Waals surface area contributed by atoms with Crippen molar-refractivity contribution in [2.75, 3.05) is 19.6 Å².